The predicted octanol–water partition coefficient (Wildman–Crippen LogP) is 3.16. The topological polar surface area (TPSA) is 12.5 Å². The summed E-state index contributed by atoms with van der Waals surface area (Å²) in [5.74, 6) is -0.201. The third-order valence-corrected chi connectivity index (χ3v) is 2.71. The monoisotopic (exact) mass is 211 g/mol. The molecule has 0 spiro atoms. The fourth-order valence-corrected chi connectivity index (χ4v) is 1.68. The summed E-state index contributed by atoms with van der Waals surface area (Å²) in [6, 6.07) is 6.94. The fraction of sp³-hybridized carbons (Fsp3) is 0.500. The van der Waals surface area contributed by atoms with Gasteiger partial charge in [-0.3, -0.25) is 4.84 Å². The Morgan fingerprint density at radius 3 is 2.40 bits per heavy atom. The van der Waals surface area contributed by atoms with Gasteiger partial charge >= 0.3 is 0 Å². The van der Waals surface area contributed by atoms with Gasteiger partial charge in [0.2, 0.25) is 0 Å². The highest BCUT2D eigenvalue weighted by atomic mass is 19.1. The van der Waals surface area contributed by atoms with Gasteiger partial charge in [0.15, 0.2) is 0 Å². The molecule has 1 fully saturated rings. The maximum absolute atomic E-state index is 12.7. The molecule has 2 rings (SSSR count). The van der Waals surface area contributed by atoms with Gasteiger partial charge in [0.25, 0.3) is 0 Å². The summed E-state index contributed by atoms with van der Waals surface area (Å²) in [4.78, 5) is 5.61. The molecule has 1 aliphatic rings. The first kappa shape index (κ1) is 12.1. The lowest BCUT2D eigenvalue weighted by Crippen LogP contribution is -2.19. The van der Waals surface area contributed by atoms with Crippen molar-refractivity contribution >= 4 is 0 Å². The number of hydrogen-bond donors (Lipinski definition) is 0. The Bertz CT molecular complexity index is 302. The zero-order valence-corrected chi connectivity index (χ0v) is 8.40. The van der Waals surface area contributed by atoms with Gasteiger partial charge in [0.05, 0.1) is 0 Å². The van der Waals surface area contributed by atoms with E-state index in [4.69, 9.17) is 4.84 Å². The van der Waals surface area contributed by atoms with Gasteiger partial charge in [-0.05, 0) is 31.0 Å². The largest absolute Gasteiger partial charge is 0.291 e. The Morgan fingerprint density at radius 2 is 1.93 bits per heavy atom. The Labute approximate surface area is 90.6 Å². The number of halogens is 1. The lowest BCUT2D eigenvalue weighted by atomic mass is 10.0. The van der Waals surface area contributed by atoms with Crippen LogP contribution >= 0.6 is 0 Å². The van der Waals surface area contributed by atoms with Gasteiger partial charge in [0.1, 0.15) is 11.9 Å². The minimum absolute atomic E-state index is 0. The molecular weight excluding hydrogens is 193 g/mol. The average molecular weight is 211 g/mol. The summed E-state index contributed by atoms with van der Waals surface area (Å²) < 4.78 is 12.7. The van der Waals surface area contributed by atoms with Crippen molar-refractivity contribution in [1.29, 1.82) is 0 Å². The van der Waals surface area contributed by atoms with Crippen LogP contribution in [-0.2, 0) is 4.84 Å². The number of nitrogens with zero attached hydrogens (tertiary/aromatic N) is 1. The Hall–Kier alpha value is -0.930. The molecule has 1 aromatic rings. The summed E-state index contributed by atoms with van der Waals surface area (Å²) in [6.45, 7) is 2.11. The molecule has 15 heavy (non-hydrogen) atoms. The molecule has 1 aliphatic heterocycles. The third kappa shape index (κ3) is 2.55. The van der Waals surface area contributed by atoms with E-state index in [1.807, 2.05) is 12.1 Å². The first-order valence-electron chi connectivity index (χ1n) is 4.82. The van der Waals surface area contributed by atoms with Crippen LogP contribution in [0.15, 0.2) is 24.3 Å². The SMILES string of the molecule is C.C[C@@H]1C[C@H](c2ccc(F)cc2)ON1C. The van der Waals surface area contributed by atoms with E-state index in [0.717, 1.165) is 12.0 Å². The van der Waals surface area contributed by atoms with Gasteiger partial charge in [-0.1, -0.05) is 19.6 Å². The smallest absolute Gasteiger partial charge is 0.123 e. The van der Waals surface area contributed by atoms with Crippen molar-refractivity contribution in [3.63, 3.8) is 0 Å². The van der Waals surface area contributed by atoms with Crippen LogP contribution in [0.2, 0.25) is 0 Å². The quantitative estimate of drug-likeness (QED) is 0.707. The highest BCUT2D eigenvalue weighted by Crippen LogP contribution is 2.31. The number of rotatable bonds is 1. The molecule has 0 amide bonds. The van der Waals surface area contributed by atoms with E-state index in [-0.39, 0.29) is 19.3 Å². The van der Waals surface area contributed by atoms with E-state index in [9.17, 15) is 4.39 Å². The lowest BCUT2D eigenvalue weighted by Gasteiger charge is -2.13. The van der Waals surface area contributed by atoms with E-state index >= 15 is 0 Å². The zero-order valence-electron chi connectivity index (χ0n) is 8.40. The van der Waals surface area contributed by atoms with Crippen LogP contribution in [0, 0.1) is 5.82 Å². The van der Waals surface area contributed by atoms with Crippen molar-refractivity contribution in [2.75, 3.05) is 7.05 Å². The van der Waals surface area contributed by atoms with Crippen molar-refractivity contribution in [2.24, 2.45) is 0 Å². The van der Waals surface area contributed by atoms with Crippen molar-refractivity contribution in [3.8, 4) is 0 Å². The number of benzene rings is 1. The van der Waals surface area contributed by atoms with Crippen molar-refractivity contribution < 1.29 is 9.23 Å². The van der Waals surface area contributed by atoms with E-state index in [1.165, 1.54) is 12.1 Å². The highest BCUT2D eigenvalue weighted by molar-refractivity contribution is 5.19. The molecule has 0 aliphatic carbocycles. The van der Waals surface area contributed by atoms with E-state index in [1.54, 1.807) is 12.1 Å². The van der Waals surface area contributed by atoms with Crippen molar-refractivity contribution in [3.05, 3.63) is 35.6 Å². The molecule has 2 nitrogen and oxygen atoms in total. The van der Waals surface area contributed by atoms with Crippen molar-refractivity contribution in [1.82, 2.24) is 5.06 Å². The molecule has 0 N–H and O–H groups in total. The van der Waals surface area contributed by atoms with Crippen LogP contribution in [0.5, 0.6) is 0 Å². The maximum atomic E-state index is 12.7. The molecule has 1 heterocycles. The third-order valence-electron chi connectivity index (χ3n) is 2.71. The van der Waals surface area contributed by atoms with Crippen LogP contribution < -0.4 is 0 Å². The predicted molar refractivity (Wildman–Crippen MR) is 58.8 cm³/mol. The molecule has 84 valence electrons. The van der Waals surface area contributed by atoms with Crippen molar-refractivity contribution in [2.45, 2.75) is 32.9 Å². The van der Waals surface area contributed by atoms with Crippen LogP contribution in [0.4, 0.5) is 4.39 Å². The molecule has 3 heteroatoms. The van der Waals surface area contributed by atoms with Gasteiger partial charge in [-0.25, -0.2) is 4.39 Å². The average Bonchev–Trinajstić information content (AvgIpc) is 2.48. The summed E-state index contributed by atoms with van der Waals surface area (Å²) in [5.41, 5.74) is 1.04. The minimum Gasteiger partial charge on any atom is -0.291 e. The van der Waals surface area contributed by atoms with Gasteiger partial charge in [0, 0.05) is 13.1 Å². The summed E-state index contributed by atoms with van der Waals surface area (Å²) in [5, 5.41) is 1.86. The first-order chi connectivity index (χ1) is 6.66. The second-order valence-corrected chi connectivity index (χ2v) is 3.78. The Kier molecular flexibility index (Phi) is 3.83. The molecular formula is C12H18FNO. The van der Waals surface area contributed by atoms with Gasteiger partial charge in [-0.15, -0.1) is 0 Å². The van der Waals surface area contributed by atoms with Crippen LogP contribution in [0.3, 0.4) is 0 Å². The second kappa shape index (κ2) is 4.73. The van der Waals surface area contributed by atoms with Crippen LogP contribution in [-0.4, -0.2) is 18.2 Å². The number of hydrogen-bond acceptors (Lipinski definition) is 2. The maximum Gasteiger partial charge on any atom is 0.123 e. The molecule has 0 radical (unpaired) electrons. The molecule has 0 bridgehead atoms. The molecule has 1 saturated heterocycles. The zero-order chi connectivity index (χ0) is 10.1. The summed E-state index contributed by atoms with van der Waals surface area (Å²) in [7, 11) is 1.92. The molecule has 2 atom stereocenters. The normalized spacial score (nSPS) is 26.3. The fourth-order valence-electron chi connectivity index (χ4n) is 1.68. The minimum atomic E-state index is -0.201. The van der Waals surface area contributed by atoms with Gasteiger partial charge in [-0.2, -0.15) is 5.06 Å². The lowest BCUT2D eigenvalue weighted by molar-refractivity contribution is -0.142. The Balaban J connectivity index is 0.00000112. The molecule has 0 aromatic heterocycles. The number of hydroxylamine groups is 2. The standard InChI is InChI=1S/C11H14FNO.CH4/c1-8-7-11(14-13(8)2)9-3-5-10(12)6-4-9;/h3-6,8,11H,7H2,1-2H3;1H4/t8-,11-;/m1./s1. The summed E-state index contributed by atoms with van der Waals surface area (Å²) in [6.07, 6.45) is 1.04. The van der Waals surface area contributed by atoms with Crippen LogP contribution in [0.1, 0.15) is 32.4 Å². The Morgan fingerprint density at radius 1 is 1.33 bits per heavy atom. The van der Waals surface area contributed by atoms with E-state index in [0.29, 0.717) is 6.04 Å². The highest BCUT2D eigenvalue weighted by Gasteiger charge is 2.28. The van der Waals surface area contributed by atoms with Gasteiger partial charge < -0.3 is 0 Å². The van der Waals surface area contributed by atoms with E-state index < -0.39 is 0 Å². The molecule has 0 unspecified atom stereocenters. The van der Waals surface area contributed by atoms with E-state index in [2.05, 4.69) is 6.92 Å². The van der Waals surface area contributed by atoms with Crippen LogP contribution in [0.25, 0.3) is 0 Å². The molecule has 0 saturated carbocycles. The second-order valence-electron chi connectivity index (χ2n) is 3.78. The first-order valence-corrected chi connectivity index (χ1v) is 4.82. The molecule has 1 aromatic carbocycles. The summed E-state index contributed by atoms with van der Waals surface area (Å²) >= 11 is 0.